The number of benzene rings is 3. The number of ether oxygens (including phenoxy) is 4. The number of methoxy groups -OCH3 is 2. The van der Waals surface area contributed by atoms with E-state index < -0.39 is 11.7 Å². The summed E-state index contributed by atoms with van der Waals surface area (Å²) < 4.78 is 22.8. The van der Waals surface area contributed by atoms with E-state index in [0.717, 1.165) is 10.9 Å². The number of Topliss-reactive ketones (excluding diaryl/α,β-unsaturated/α-hetero) is 1. The molecule has 43 heavy (non-hydrogen) atoms. The lowest BCUT2D eigenvalue weighted by atomic mass is 9.82. The molecule has 2 aliphatic rings. The maximum absolute atomic E-state index is 13.5. The number of para-hydroxylation sites is 1. The predicted octanol–water partition coefficient (Wildman–Crippen LogP) is 5.18. The molecule has 220 valence electrons. The van der Waals surface area contributed by atoms with E-state index in [-0.39, 0.29) is 29.6 Å². The average molecular weight is 582 g/mol. The predicted molar refractivity (Wildman–Crippen MR) is 158 cm³/mol. The molecule has 0 unspecified atom stereocenters. The van der Waals surface area contributed by atoms with Crippen molar-refractivity contribution in [3.05, 3.63) is 89.6 Å². The van der Waals surface area contributed by atoms with E-state index in [4.69, 9.17) is 18.9 Å². The van der Waals surface area contributed by atoms with E-state index in [9.17, 15) is 14.4 Å². The zero-order chi connectivity index (χ0) is 30.0. The number of likely N-dealkylation sites (tertiary alicyclic amines) is 1. The molecule has 6 rings (SSSR count). The van der Waals surface area contributed by atoms with Gasteiger partial charge in [0.25, 0.3) is 5.91 Å². The first-order valence-corrected chi connectivity index (χ1v) is 14.0. The van der Waals surface area contributed by atoms with Crippen molar-refractivity contribution in [1.29, 1.82) is 0 Å². The van der Waals surface area contributed by atoms with Crippen LogP contribution in [0.2, 0.25) is 0 Å². The van der Waals surface area contributed by atoms with Crippen LogP contribution in [0.5, 0.6) is 23.0 Å². The number of amides is 2. The highest BCUT2D eigenvalue weighted by Gasteiger charge is 2.44. The molecule has 3 aromatic carbocycles. The van der Waals surface area contributed by atoms with Crippen LogP contribution in [0.25, 0.3) is 10.9 Å². The molecule has 10 nitrogen and oxygen atoms in total. The third-order valence-corrected chi connectivity index (χ3v) is 7.94. The third kappa shape index (κ3) is 5.68. The molecule has 1 spiro atoms. The molecule has 10 heteroatoms. The molecule has 0 bridgehead atoms. The summed E-state index contributed by atoms with van der Waals surface area (Å²) in [4.78, 5) is 45.4. The molecular weight excluding hydrogens is 550 g/mol. The van der Waals surface area contributed by atoms with Crippen LogP contribution in [0.1, 0.15) is 45.7 Å². The molecule has 1 aromatic heterocycles. The van der Waals surface area contributed by atoms with E-state index in [1.165, 1.54) is 0 Å². The van der Waals surface area contributed by atoms with Gasteiger partial charge in [-0.25, -0.2) is 9.78 Å². The Balaban J connectivity index is 1.11. The number of pyridine rings is 1. The number of nitrogens with one attached hydrogen (secondary N) is 1. The fraction of sp³-hybridized carbons (Fsp3) is 0.273. The minimum absolute atomic E-state index is 0.0933. The van der Waals surface area contributed by atoms with Gasteiger partial charge in [0, 0.05) is 43.9 Å². The van der Waals surface area contributed by atoms with Gasteiger partial charge in [-0.3, -0.25) is 9.59 Å². The van der Waals surface area contributed by atoms with E-state index >= 15 is 0 Å². The van der Waals surface area contributed by atoms with Gasteiger partial charge in [-0.2, -0.15) is 0 Å². The van der Waals surface area contributed by atoms with Crippen LogP contribution in [0.3, 0.4) is 0 Å². The number of ketones is 1. The van der Waals surface area contributed by atoms with Gasteiger partial charge in [0.2, 0.25) is 0 Å². The number of hydrogen-bond acceptors (Lipinski definition) is 8. The Bertz CT molecular complexity index is 1700. The van der Waals surface area contributed by atoms with Crippen LogP contribution in [0, 0.1) is 0 Å². The van der Waals surface area contributed by atoms with Gasteiger partial charge >= 0.3 is 6.09 Å². The van der Waals surface area contributed by atoms with Crippen molar-refractivity contribution in [2.75, 3.05) is 27.3 Å². The minimum atomic E-state index is -0.714. The molecule has 2 amide bonds. The van der Waals surface area contributed by atoms with Crippen molar-refractivity contribution in [2.45, 2.75) is 31.4 Å². The molecule has 1 N–H and O–H groups in total. The van der Waals surface area contributed by atoms with Crippen LogP contribution in [0.15, 0.2) is 72.8 Å². The number of aromatic nitrogens is 1. The van der Waals surface area contributed by atoms with Crippen molar-refractivity contribution in [3.63, 3.8) is 0 Å². The molecule has 0 saturated carbocycles. The Morgan fingerprint density at radius 2 is 1.72 bits per heavy atom. The zero-order valence-corrected chi connectivity index (χ0v) is 23.9. The van der Waals surface area contributed by atoms with Crippen LogP contribution < -0.4 is 24.3 Å². The van der Waals surface area contributed by atoms with E-state index in [1.54, 1.807) is 49.5 Å². The number of carbonyl (C=O) groups excluding carboxylic acids is 3. The quantitative estimate of drug-likeness (QED) is 0.331. The van der Waals surface area contributed by atoms with Gasteiger partial charge in [-0.05, 0) is 35.9 Å². The van der Waals surface area contributed by atoms with Crippen LogP contribution >= 0.6 is 0 Å². The van der Waals surface area contributed by atoms with Crippen LogP contribution in [0.4, 0.5) is 4.79 Å². The molecule has 1 saturated heterocycles. The largest absolute Gasteiger partial charge is 0.496 e. The number of carbonyl (C=O) groups is 3. The normalized spacial score (nSPS) is 15.4. The summed E-state index contributed by atoms with van der Waals surface area (Å²) in [5, 5.41) is 3.46. The Labute approximate surface area is 248 Å². The van der Waals surface area contributed by atoms with E-state index in [1.807, 2.05) is 42.5 Å². The average Bonchev–Trinajstić information content (AvgIpc) is 3.03. The zero-order valence-electron chi connectivity index (χ0n) is 23.9. The Hall–Kier alpha value is -5.12. The van der Waals surface area contributed by atoms with Crippen molar-refractivity contribution < 1.29 is 33.3 Å². The first kappa shape index (κ1) is 28.0. The van der Waals surface area contributed by atoms with Crippen LogP contribution in [-0.2, 0) is 6.54 Å². The summed E-state index contributed by atoms with van der Waals surface area (Å²) in [5.41, 5.74) is 1.42. The lowest BCUT2D eigenvalue weighted by Crippen LogP contribution is -2.52. The number of fused-ring (bicyclic) bond motifs is 2. The Morgan fingerprint density at radius 1 is 0.953 bits per heavy atom. The minimum Gasteiger partial charge on any atom is -0.496 e. The summed E-state index contributed by atoms with van der Waals surface area (Å²) in [6.45, 7) is 1.13. The number of rotatable bonds is 6. The fourth-order valence-corrected chi connectivity index (χ4v) is 5.64. The molecule has 0 aliphatic carbocycles. The lowest BCUT2D eigenvalue weighted by molar-refractivity contribution is -0.00592. The summed E-state index contributed by atoms with van der Waals surface area (Å²) >= 11 is 0. The second-order valence-electron chi connectivity index (χ2n) is 10.6. The second kappa shape index (κ2) is 11.6. The van der Waals surface area contributed by atoms with E-state index in [0.29, 0.717) is 60.8 Å². The summed E-state index contributed by atoms with van der Waals surface area (Å²) in [5.74, 6) is 1.47. The lowest BCUT2D eigenvalue weighted by Gasteiger charge is -2.43. The monoisotopic (exact) mass is 581 g/mol. The molecule has 2 aliphatic heterocycles. The van der Waals surface area contributed by atoms with Crippen molar-refractivity contribution in [2.24, 2.45) is 0 Å². The molecule has 1 fully saturated rings. The Morgan fingerprint density at radius 3 is 2.47 bits per heavy atom. The van der Waals surface area contributed by atoms with E-state index in [2.05, 4.69) is 10.3 Å². The highest BCUT2D eigenvalue weighted by atomic mass is 16.6. The van der Waals surface area contributed by atoms with Gasteiger partial charge in [0.1, 0.15) is 39.8 Å². The van der Waals surface area contributed by atoms with Gasteiger partial charge in [-0.15, -0.1) is 0 Å². The number of nitrogens with zero attached hydrogens (tertiary/aromatic N) is 2. The summed E-state index contributed by atoms with van der Waals surface area (Å²) in [6, 6.07) is 21.5. The molecule has 0 radical (unpaired) electrons. The van der Waals surface area contributed by atoms with Crippen LogP contribution in [-0.4, -0.2) is 60.6 Å². The van der Waals surface area contributed by atoms with Gasteiger partial charge in [0.15, 0.2) is 5.78 Å². The first-order chi connectivity index (χ1) is 20.9. The standard InChI is InChI=1S/C33H31N3O7/c1-40-28-10-6-9-23-29(41-2)18-25(35-30(23)28)31(38)36-15-13-33(14-16-36)19-26(37)24-17-22(11-12-27(24)43-33)42-32(39)34-20-21-7-4-3-5-8-21/h3-12,17-18H,13-16,19-20H2,1-2H3,(H,34,39). The molecule has 0 atom stereocenters. The molecule has 3 heterocycles. The van der Waals surface area contributed by atoms with Gasteiger partial charge < -0.3 is 29.2 Å². The first-order valence-electron chi connectivity index (χ1n) is 14.0. The number of hydrogen-bond donors (Lipinski definition) is 1. The van der Waals surface area contributed by atoms with Gasteiger partial charge in [0.05, 0.1) is 26.2 Å². The van der Waals surface area contributed by atoms with Gasteiger partial charge in [-0.1, -0.05) is 36.4 Å². The number of piperidine rings is 1. The highest BCUT2D eigenvalue weighted by molar-refractivity contribution is 6.01. The smallest absolute Gasteiger partial charge is 0.412 e. The molecule has 4 aromatic rings. The van der Waals surface area contributed by atoms with Crippen molar-refractivity contribution in [3.8, 4) is 23.0 Å². The second-order valence-corrected chi connectivity index (χ2v) is 10.6. The Kier molecular flexibility index (Phi) is 7.58. The topological polar surface area (TPSA) is 116 Å². The summed E-state index contributed by atoms with van der Waals surface area (Å²) in [7, 11) is 3.11. The SMILES string of the molecule is COc1cc(C(=O)N2CCC3(CC2)CC(=O)c2cc(OC(=O)NCc4ccccc4)ccc2O3)nc2c(OC)cccc12. The molecular formula is C33H31N3O7. The third-order valence-electron chi connectivity index (χ3n) is 7.94. The maximum Gasteiger partial charge on any atom is 0.412 e. The highest BCUT2D eigenvalue weighted by Crippen LogP contribution is 2.41. The van der Waals surface area contributed by atoms with Crippen molar-refractivity contribution >= 4 is 28.7 Å². The maximum atomic E-state index is 13.5. The summed E-state index contributed by atoms with van der Waals surface area (Å²) in [6.07, 6.45) is 0.527. The fourth-order valence-electron chi connectivity index (χ4n) is 5.64. The van der Waals surface area contributed by atoms with Crippen molar-refractivity contribution in [1.82, 2.24) is 15.2 Å².